The van der Waals surface area contributed by atoms with E-state index in [4.69, 9.17) is 15.2 Å². The first-order valence-corrected chi connectivity index (χ1v) is 6.76. The van der Waals surface area contributed by atoms with Crippen molar-refractivity contribution in [2.24, 2.45) is 10.7 Å². The highest BCUT2D eigenvalue weighted by molar-refractivity contribution is 14.0. The summed E-state index contributed by atoms with van der Waals surface area (Å²) in [5.41, 5.74) is 6.88. The average Bonchev–Trinajstić information content (AvgIpc) is 3.22. The molecule has 0 bridgehead atoms. The Labute approximate surface area is 135 Å². The van der Waals surface area contributed by atoms with Crippen LogP contribution in [0.15, 0.2) is 23.2 Å². The monoisotopic (exact) mass is 389 g/mol. The molecule has 1 fully saturated rings. The van der Waals surface area contributed by atoms with Crippen molar-refractivity contribution in [1.29, 1.82) is 0 Å². The molecule has 0 spiro atoms. The summed E-state index contributed by atoms with van der Waals surface area (Å²) in [4.78, 5) is 4.33. The Balaban J connectivity index is 0.00000147. The number of benzene rings is 1. The molecule has 1 aromatic rings. The lowest BCUT2D eigenvalue weighted by molar-refractivity contribution is 0.297. The van der Waals surface area contributed by atoms with Crippen LogP contribution in [0.2, 0.25) is 0 Å². The number of aliphatic imine (C=N–C) groups is 1. The molecule has 1 heterocycles. The lowest BCUT2D eigenvalue weighted by Crippen LogP contribution is -2.33. The van der Waals surface area contributed by atoms with E-state index >= 15 is 0 Å². The predicted molar refractivity (Wildman–Crippen MR) is 88.9 cm³/mol. The fraction of sp³-hybridized carbons (Fsp3) is 0.500. The number of fused-ring (bicyclic) bond motifs is 1. The highest BCUT2D eigenvalue weighted by Gasteiger charge is 2.21. The van der Waals surface area contributed by atoms with Crippen LogP contribution in [0.3, 0.4) is 0 Å². The van der Waals surface area contributed by atoms with E-state index in [9.17, 15) is 0 Å². The summed E-state index contributed by atoms with van der Waals surface area (Å²) >= 11 is 0. The van der Waals surface area contributed by atoms with Crippen LogP contribution in [0.4, 0.5) is 0 Å². The van der Waals surface area contributed by atoms with Crippen molar-refractivity contribution in [1.82, 2.24) is 5.32 Å². The zero-order chi connectivity index (χ0) is 13.1. The maximum Gasteiger partial charge on any atom is 0.189 e. The van der Waals surface area contributed by atoms with E-state index in [0.29, 0.717) is 31.8 Å². The molecule has 1 aromatic carbocycles. The number of guanidine groups is 1. The highest BCUT2D eigenvalue weighted by atomic mass is 127. The molecule has 0 amide bonds. The maximum absolute atomic E-state index is 5.81. The second-order valence-corrected chi connectivity index (χ2v) is 4.95. The Bertz CT molecular complexity index is 489. The van der Waals surface area contributed by atoms with Crippen LogP contribution in [0, 0.1) is 0 Å². The van der Waals surface area contributed by atoms with Gasteiger partial charge in [-0.2, -0.15) is 0 Å². The number of hydrogen-bond acceptors (Lipinski definition) is 3. The second kappa shape index (κ2) is 7.01. The maximum atomic E-state index is 5.81. The zero-order valence-corrected chi connectivity index (χ0v) is 13.6. The number of nitrogens with two attached hydrogens (primary N) is 1. The third kappa shape index (κ3) is 4.16. The molecule has 20 heavy (non-hydrogen) atoms. The Morgan fingerprint density at radius 2 is 2.00 bits per heavy atom. The molecule has 0 atom stereocenters. The molecule has 5 nitrogen and oxygen atoms in total. The van der Waals surface area contributed by atoms with Crippen molar-refractivity contribution in [3.63, 3.8) is 0 Å². The van der Waals surface area contributed by atoms with Gasteiger partial charge in [0.2, 0.25) is 0 Å². The Hall–Kier alpha value is -1.18. The molecule has 110 valence electrons. The van der Waals surface area contributed by atoms with Gasteiger partial charge in [-0.05, 0) is 30.5 Å². The largest absolute Gasteiger partial charge is 0.490 e. The van der Waals surface area contributed by atoms with Crippen LogP contribution in [-0.4, -0.2) is 25.2 Å². The zero-order valence-electron chi connectivity index (χ0n) is 11.3. The summed E-state index contributed by atoms with van der Waals surface area (Å²) < 4.78 is 11.2. The third-order valence-corrected chi connectivity index (χ3v) is 3.17. The van der Waals surface area contributed by atoms with Gasteiger partial charge in [0.15, 0.2) is 17.5 Å². The van der Waals surface area contributed by atoms with Crippen molar-refractivity contribution < 1.29 is 9.47 Å². The summed E-state index contributed by atoms with van der Waals surface area (Å²) in [6.45, 7) is 1.97. The summed E-state index contributed by atoms with van der Waals surface area (Å²) in [7, 11) is 0. The van der Waals surface area contributed by atoms with Crippen LogP contribution in [0.25, 0.3) is 0 Å². The molecule has 0 radical (unpaired) electrons. The highest BCUT2D eigenvalue weighted by Crippen LogP contribution is 2.30. The molecular weight excluding hydrogens is 369 g/mol. The molecule has 1 saturated carbocycles. The van der Waals surface area contributed by atoms with E-state index < -0.39 is 0 Å². The summed E-state index contributed by atoms with van der Waals surface area (Å²) in [6, 6.07) is 6.46. The van der Waals surface area contributed by atoms with Crippen molar-refractivity contribution in [2.75, 3.05) is 13.2 Å². The molecule has 3 rings (SSSR count). The topological polar surface area (TPSA) is 68.9 Å². The van der Waals surface area contributed by atoms with Gasteiger partial charge in [0, 0.05) is 12.5 Å². The van der Waals surface area contributed by atoms with Crippen molar-refractivity contribution >= 4 is 29.9 Å². The molecule has 0 unspecified atom stereocenters. The van der Waals surface area contributed by atoms with E-state index in [0.717, 1.165) is 23.5 Å². The average molecular weight is 389 g/mol. The first kappa shape index (κ1) is 15.2. The minimum absolute atomic E-state index is 0. The van der Waals surface area contributed by atoms with Gasteiger partial charge in [0.1, 0.15) is 0 Å². The molecule has 0 aromatic heterocycles. The van der Waals surface area contributed by atoms with Gasteiger partial charge in [0.05, 0.1) is 19.8 Å². The van der Waals surface area contributed by atoms with Crippen molar-refractivity contribution in [3.8, 4) is 11.5 Å². The third-order valence-electron chi connectivity index (χ3n) is 3.17. The minimum Gasteiger partial charge on any atom is -0.490 e. The van der Waals surface area contributed by atoms with Gasteiger partial charge in [-0.15, -0.1) is 24.0 Å². The Kier molecular flexibility index (Phi) is 5.33. The lowest BCUT2D eigenvalue weighted by atomic mass is 10.2. The number of halogens is 1. The van der Waals surface area contributed by atoms with E-state index in [-0.39, 0.29) is 24.0 Å². The molecule has 1 aliphatic heterocycles. The number of nitrogens with zero attached hydrogens (tertiary/aromatic N) is 1. The van der Waals surface area contributed by atoms with Gasteiger partial charge >= 0.3 is 0 Å². The normalized spacial score (nSPS) is 17.9. The van der Waals surface area contributed by atoms with Crippen LogP contribution in [-0.2, 0) is 6.54 Å². The van der Waals surface area contributed by atoms with Crippen LogP contribution in [0.1, 0.15) is 24.8 Å². The number of nitrogens with one attached hydrogen (secondary N) is 1. The quantitative estimate of drug-likeness (QED) is 0.472. The lowest BCUT2D eigenvalue weighted by Gasteiger charge is -2.08. The standard InChI is InChI=1S/C14H19N3O2.HI/c15-14(17-11-3-4-11)16-9-10-2-5-12-13(8-10)19-7-1-6-18-12;/h2,5,8,11H,1,3-4,6-7,9H2,(H3,15,16,17);1H. The second-order valence-electron chi connectivity index (χ2n) is 4.95. The van der Waals surface area contributed by atoms with Crippen LogP contribution in [0.5, 0.6) is 11.5 Å². The summed E-state index contributed by atoms with van der Waals surface area (Å²) in [6.07, 6.45) is 3.31. The predicted octanol–water partition coefficient (Wildman–Crippen LogP) is 2.03. The number of hydrogen-bond donors (Lipinski definition) is 2. The summed E-state index contributed by atoms with van der Waals surface area (Å²) in [5.74, 6) is 2.14. The molecule has 1 aliphatic carbocycles. The Morgan fingerprint density at radius 1 is 1.25 bits per heavy atom. The molecule has 2 aliphatic rings. The van der Waals surface area contributed by atoms with Crippen molar-refractivity contribution in [3.05, 3.63) is 23.8 Å². The van der Waals surface area contributed by atoms with E-state index in [1.165, 1.54) is 12.8 Å². The smallest absolute Gasteiger partial charge is 0.189 e. The van der Waals surface area contributed by atoms with Gasteiger partial charge in [0.25, 0.3) is 0 Å². The molecular formula is C14H20IN3O2. The molecule has 6 heteroatoms. The Morgan fingerprint density at radius 3 is 2.75 bits per heavy atom. The number of ether oxygens (including phenoxy) is 2. The van der Waals surface area contributed by atoms with E-state index in [1.54, 1.807) is 0 Å². The van der Waals surface area contributed by atoms with Gasteiger partial charge < -0.3 is 20.5 Å². The first-order valence-electron chi connectivity index (χ1n) is 6.76. The van der Waals surface area contributed by atoms with E-state index in [2.05, 4.69) is 10.3 Å². The van der Waals surface area contributed by atoms with Crippen LogP contribution < -0.4 is 20.5 Å². The summed E-state index contributed by atoms with van der Waals surface area (Å²) in [5, 5.41) is 3.17. The minimum atomic E-state index is 0. The van der Waals surface area contributed by atoms with Crippen molar-refractivity contribution in [2.45, 2.75) is 31.8 Å². The molecule has 0 saturated heterocycles. The van der Waals surface area contributed by atoms with Gasteiger partial charge in [-0.25, -0.2) is 4.99 Å². The van der Waals surface area contributed by atoms with Crippen LogP contribution >= 0.6 is 24.0 Å². The van der Waals surface area contributed by atoms with Gasteiger partial charge in [-0.3, -0.25) is 0 Å². The van der Waals surface area contributed by atoms with Gasteiger partial charge in [-0.1, -0.05) is 6.07 Å². The fourth-order valence-electron chi connectivity index (χ4n) is 1.96. The first-order chi connectivity index (χ1) is 9.31. The number of rotatable bonds is 3. The SMILES string of the molecule is I.NC(=NCc1ccc2c(c1)OCCCO2)NC1CC1. The van der Waals surface area contributed by atoms with E-state index in [1.807, 2.05) is 18.2 Å². The fourth-order valence-corrected chi connectivity index (χ4v) is 1.96. The molecule has 3 N–H and O–H groups in total.